The largest absolute Gasteiger partial charge is 0.458 e. The van der Waals surface area contributed by atoms with Crippen molar-refractivity contribution >= 4 is 11.8 Å². The molecule has 6 heteroatoms. The van der Waals surface area contributed by atoms with Crippen LogP contribution < -0.4 is 0 Å². The summed E-state index contributed by atoms with van der Waals surface area (Å²) in [5, 5.41) is 0. The van der Waals surface area contributed by atoms with E-state index in [0.29, 0.717) is 41.4 Å². The zero-order chi connectivity index (χ0) is 30.0. The first-order valence-corrected chi connectivity index (χ1v) is 16.4. The molecule has 1 heterocycles. The van der Waals surface area contributed by atoms with Crippen LogP contribution in [0.3, 0.4) is 0 Å². The van der Waals surface area contributed by atoms with E-state index in [1.807, 2.05) is 19.9 Å². The Morgan fingerprint density at radius 3 is 2.52 bits per heavy atom. The number of allylic oxidation sites excluding steroid dienone is 1. The summed E-state index contributed by atoms with van der Waals surface area (Å²) in [4.78, 5) is 25.8. The number of carbonyl (C=O) groups is 2. The highest BCUT2D eigenvalue weighted by Crippen LogP contribution is 2.67. The van der Waals surface area contributed by atoms with Gasteiger partial charge in [-0.3, -0.25) is 9.59 Å². The summed E-state index contributed by atoms with van der Waals surface area (Å²) in [6, 6.07) is 6.60. The number of esters is 1. The minimum absolute atomic E-state index is 0.00695. The molecule has 5 aliphatic rings. The number of ketones is 1. The third kappa shape index (κ3) is 4.99. The number of hydrogen-bond acceptors (Lipinski definition) is 5. The van der Waals surface area contributed by atoms with Gasteiger partial charge in [0.05, 0.1) is 6.10 Å². The standard InChI is InChI=1S/C36H49FO5/c1-21(10-9-13-30(40-22(2)38)23-11-7-8-12-28(23)37)24-14-15-25-32-26(16-18-35(24,25)5)36(6)19-17-31-33(27(36)20-29(32)39)42-34(3,4)41-31/h7-8,11-12,20-21,24-26,30-33H,9-10,13-19H2,1-6H3/t21-,24-,25+,26+,30?,31+,32+,33-,35-,36-/m1/s1. The van der Waals surface area contributed by atoms with Crippen LogP contribution in [0.1, 0.15) is 111 Å². The highest BCUT2D eigenvalue weighted by Gasteiger charge is 2.63. The van der Waals surface area contributed by atoms with Crippen LogP contribution in [0.15, 0.2) is 35.9 Å². The van der Waals surface area contributed by atoms with Gasteiger partial charge in [0.1, 0.15) is 18.0 Å². The fraction of sp³-hybridized carbons (Fsp3) is 0.722. The van der Waals surface area contributed by atoms with Crippen molar-refractivity contribution < 1.29 is 28.2 Å². The lowest BCUT2D eigenvalue weighted by molar-refractivity contribution is -0.147. The summed E-state index contributed by atoms with van der Waals surface area (Å²) >= 11 is 0. The van der Waals surface area contributed by atoms with E-state index in [-0.39, 0.29) is 40.7 Å². The normalized spacial score (nSPS) is 39.8. The molecule has 0 spiro atoms. The van der Waals surface area contributed by atoms with Crippen molar-refractivity contribution in [2.24, 2.45) is 40.4 Å². The van der Waals surface area contributed by atoms with Crippen molar-refractivity contribution in [1.29, 1.82) is 0 Å². The Bertz CT molecular complexity index is 1250. The second kappa shape index (κ2) is 10.8. The van der Waals surface area contributed by atoms with E-state index >= 15 is 0 Å². The van der Waals surface area contributed by atoms with Crippen LogP contribution >= 0.6 is 0 Å². The molecule has 1 unspecified atom stereocenters. The van der Waals surface area contributed by atoms with E-state index in [1.54, 1.807) is 18.2 Å². The highest BCUT2D eigenvalue weighted by molar-refractivity contribution is 5.95. The van der Waals surface area contributed by atoms with E-state index in [9.17, 15) is 14.0 Å². The first-order valence-electron chi connectivity index (χ1n) is 16.4. The highest BCUT2D eigenvalue weighted by atomic mass is 19.1. The zero-order valence-corrected chi connectivity index (χ0v) is 26.3. The fourth-order valence-electron chi connectivity index (χ4n) is 10.4. The van der Waals surface area contributed by atoms with Crippen molar-refractivity contribution in [1.82, 2.24) is 0 Å². The van der Waals surface area contributed by atoms with Gasteiger partial charge in [-0.25, -0.2) is 4.39 Å². The Balaban J connectivity index is 1.15. The molecule has 0 radical (unpaired) electrons. The van der Waals surface area contributed by atoms with E-state index in [1.165, 1.54) is 18.6 Å². The molecule has 1 saturated heterocycles. The molecule has 0 amide bonds. The molecular weight excluding hydrogens is 531 g/mol. The molecule has 5 nitrogen and oxygen atoms in total. The summed E-state index contributed by atoms with van der Waals surface area (Å²) in [5.41, 5.74) is 1.78. The summed E-state index contributed by atoms with van der Waals surface area (Å²) < 4.78 is 32.7. The Morgan fingerprint density at radius 1 is 1.02 bits per heavy atom. The lowest BCUT2D eigenvalue weighted by Gasteiger charge is -2.58. The molecule has 0 N–H and O–H groups in total. The molecule has 4 fully saturated rings. The Kier molecular flexibility index (Phi) is 7.74. The van der Waals surface area contributed by atoms with Crippen LogP contribution in [0.25, 0.3) is 0 Å². The predicted molar refractivity (Wildman–Crippen MR) is 159 cm³/mol. The van der Waals surface area contributed by atoms with Crippen LogP contribution in [0.2, 0.25) is 0 Å². The van der Waals surface area contributed by atoms with E-state index in [0.717, 1.165) is 51.4 Å². The number of ether oxygens (including phenoxy) is 3. The van der Waals surface area contributed by atoms with Gasteiger partial charge in [-0.15, -0.1) is 0 Å². The maximum absolute atomic E-state index is 14.5. The number of benzene rings is 1. The predicted octanol–water partition coefficient (Wildman–Crippen LogP) is 8.12. The smallest absolute Gasteiger partial charge is 0.303 e. The minimum Gasteiger partial charge on any atom is -0.458 e. The Labute approximate surface area is 250 Å². The molecule has 6 rings (SSSR count). The average Bonchev–Trinajstić information content (AvgIpc) is 3.44. The molecule has 230 valence electrons. The molecular formula is C36H49FO5. The number of carbonyl (C=O) groups excluding carboxylic acids is 2. The third-order valence-corrected chi connectivity index (χ3v) is 12.3. The Morgan fingerprint density at radius 2 is 1.79 bits per heavy atom. The molecule has 10 atom stereocenters. The fourth-order valence-corrected chi connectivity index (χ4v) is 10.4. The van der Waals surface area contributed by atoms with Crippen molar-refractivity contribution in [2.75, 3.05) is 0 Å². The SMILES string of the molecule is CC(=O)OC(CCC[C@@H](C)[C@H]1CC[C@H]2[C@@H]3C(=O)C=C4[C@H]5OC(C)(C)O[C@H]5CC[C@]4(C)[C@H]3CC[C@]12C)c1ccccc1F. The van der Waals surface area contributed by atoms with Gasteiger partial charge < -0.3 is 14.2 Å². The van der Waals surface area contributed by atoms with Crippen LogP contribution in [0.5, 0.6) is 0 Å². The van der Waals surface area contributed by atoms with E-state index < -0.39 is 11.9 Å². The van der Waals surface area contributed by atoms with E-state index in [4.69, 9.17) is 14.2 Å². The minimum atomic E-state index is -0.602. The van der Waals surface area contributed by atoms with Gasteiger partial charge in [-0.1, -0.05) is 45.4 Å². The summed E-state index contributed by atoms with van der Waals surface area (Å²) in [5.74, 6) is 0.919. The van der Waals surface area contributed by atoms with Crippen molar-refractivity contribution in [3.63, 3.8) is 0 Å². The quantitative estimate of drug-likeness (QED) is 0.305. The van der Waals surface area contributed by atoms with Crippen molar-refractivity contribution in [3.05, 3.63) is 47.3 Å². The summed E-state index contributed by atoms with van der Waals surface area (Å²) in [7, 11) is 0. The zero-order valence-electron chi connectivity index (χ0n) is 26.3. The Hall–Kier alpha value is -2.05. The molecule has 0 aromatic heterocycles. The molecule has 1 aliphatic heterocycles. The number of hydrogen-bond donors (Lipinski definition) is 0. The molecule has 1 aromatic carbocycles. The maximum atomic E-state index is 14.5. The van der Waals surface area contributed by atoms with Crippen LogP contribution in [-0.2, 0) is 23.8 Å². The van der Waals surface area contributed by atoms with Gasteiger partial charge in [-0.05, 0) is 117 Å². The van der Waals surface area contributed by atoms with Crippen molar-refractivity contribution in [2.45, 2.75) is 123 Å². The van der Waals surface area contributed by atoms with E-state index in [2.05, 4.69) is 20.8 Å². The molecule has 42 heavy (non-hydrogen) atoms. The second-order valence-corrected chi connectivity index (χ2v) is 15.0. The molecule has 0 bridgehead atoms. The van der Waals surface area contributed by atoms with Gasteiger partial charge in [0.15, 0.2) is 11.6 Å². The van der Waals surface area contributed by atoms with Crippen LogP contribution in [-0.4, -0.2) is 29.7 Å². The van der Waals surface area contributed by atoms with Gasteiger partial charge in [0, 0.05) is 18.4 Å². The first kappa shape index (κ1) is 30.0. The first-order chi connectivity index (χ1) is 19.8. The van der Waals surface area contributed by atoms with Crippen LogP contribution in [0, 0.1) is 46.2 Å². The molecule has 1 aromatic rings. The van der Waals surface area contributed by atoms with Gasteiger partial charge in [0.2, 0.25) is 0 Å². The van der Waals surface area contributed by atoms with Crippen LogP contribution in [0.4, 0.5) is 4.39 Å². The number of rotatable bonds is 7. The summed E-state index contributed by atoms with van der Waals surface area (Å²) in [6.45, 7) is 12.6. The average molecular weight is 581 g/mol. The third-order valence-electron chi connectivity index (χ3n) is 12.3. The second-order valence-electron chi connectivity index (χ2n) is 15.0. The lowest BCUT2D eigenvalue weighted by Crippen LogP contribution is -2.56. The van der Waals surface area contributed by atoms with Gasteiger partial charge >= 0.3 is 5.97 Å². The lowest BCUT2D eigenvalue weighted by atomic mass is 9.46. The monoisotopic (exact) mass is 580 g/mol. The summed E-state index contributed by atoms with van der Waals surface area (Å²) in [6.07, 6.45) is 10.4. The maximum Gasteiger partial charge on any atom is 0.303 e. The number of fused-ring (bicyclic) bond motifs is 7. The van der Waals surface area contributed by atoms with Crippen molar-refractivity contribution in [3.8, 4) is 0 Å². The van der Waals surface area contributed by atoms with Gasteiger partial charge in [0.25, 0.3) is 0 Å². The topological polar surface area (TPSA) is 61.8 Å². The number of halogens is 1. The van der Waals surface area contributed by atoms with Gasteiger partial charge in [-0.2, -0.15) is 0 Å². The molecule has 3 saturated carbocycles. The molecule has 4 aliphatic carbocycles.